The van der Waals surface area contributed by atoms with Crippen molar-refractivity contribution >= 4 is 5.97 Å². The van der Waals surface area contributed by atoms with Crippen LogP contribution in [-0.4, -0.2) is 5.97 Å². The molecule has 3 rings (SSSR count). The molecule has 0 aliphatic carbocycles. The van der Waals surface area contributed by atoms with Crippen molar-refractivity contribution in [2.45, 2.75) is 66.6 Å². The Kier molecular flexibility index (Phi) is 4.35. The average Bonchev–Trinajstić information content (AvgIpc) is 2.67. The fourth-order valence-electron chi connectivity index (χ4n) is 3.93. The van der Waals surface area contributed by atoms with Crippen LogP contribution in [0, 0.1) is 20.8 Å². The monoisotopic (exact) mass is 370 g/mol. The smallest absolute Gasteiger partial charge is 0.347 e. The Balaban J connectivity index is 2.46. The van der Waals surface area contributed by atoms with Crippen LogP contribution in [0.5, 0.6) is 5.75 Å². The second-order valence-corrected chi connectivity index (χ2v) is 8.27. The van der Waals surface area contributed by atoms with Gasteiger partial charge in [-0.15, -0.1) is 0 Å². The molecule has 0 atom stereocenters. The third-order valence-electron chi connectivity index (χ3n) is 5.10. The van der Waals surface area contributed by atoms with E-state index in [1.807, 2.05) is 60.6 Å². The van der Waals surface area contributed by atoms with Crippen molar-refractivity contribution in [3.05, 3.63) is 50.6 Å². The van der Waals surface area contributed by atoms with Crippen molar-refractivity contribution in [3.8, 4) is 16.9 Å². The minimum atomic E-state index is -0.802. The van der Waals surface area contributed by atoms with E-state index >= 15 is 0 Å². The molecule has 5 heteroatoms. The van der Waals surface area contributed by atoms with Crippen LogP contribution in [0.2, 0.25) is 0 Å². The molecule has 1 aromatic heterocycles. The first kappa shape index (κ1) is 19.4. The number of benzene rings is 1. The van der Waals surface area contributed by atoms with E-state index in [0.717, 1.165) is 16.7 Å². The Labute approximate surface area is 159 Å². The van der Waals surface area contributed by atoms with Gasteiger partial charge in [0, 0.05) is 6.92 Å². The summed E-state index contributed by atoms with van der Waals surface area (Å²) in [4.78, 5) is 24.9. The van der Waals surface area contributed by atoms with E-state index < -0.39 is 22.8 Å². The Hall–Kier alpha value is -2.40. The molecule has 2 aromatic rings. The quantitative estimate of drug-likeness (QED) is 0.720. The highest BCUT2D eigenvalue weighted by Crippen LogP contribution is 2.52. The fourth-order valence-corrected chi connectivity index (χ4v) is 3.93. The average molecular weight is 370 g/mol. The number of hydrogen-bond acceptors (Lipinski definition) is 5. The van der Waals surface area contributed by atoms with Gasteiger partial charge in [-0.05, 0) is 70.7 Å². The molecule has 0 radical (unpaired) electrons. The van der Waals surface area contributed by atoms with Gasteiger partial charge in [0.05, 0.1) is 11.2 Å². The van der Waals surface area contributed by atoms with E-state index in [1.54, 1.807) is 0 Å². The van der Waals surface area contributed by atoms with Crippen molar-refractivity contribution < 1.29 is 18.7 Å². The third kappa shape index (κ3) is 3.10. The van der Waals surface area contributed by atoms with E-state index in [9.17, 15) is 9.59 Å². The highest BCUT2D eigenvalue weighted by Gasteiger charge is 2.49. The van der Waals surface area contributed by atoms with E-state index in [1.165, 1.54) is 6.92 Å². The van der Waals surface area contributed by atoms with Crippen molar-refractivity contribution in [1.29, 1.82) is 0 Å². The van der Waals surface area contributed by atoms with Gasteiger partial charge in [0.25, 0.3) is 0 Å². The number of fused-ring (bicyclic) bond motifs is 1. The number of rotatable bonds is 2. The Bertz CT molecular complexity index is 1010. The predicted octanol–water partition coefficient (Wildman–Crippen LogP) is 4.66. The molecule has 0 unspecified atom stereocenters. The van der Waals surface area contributed by atoms with Crippen LogP contribution in [0.1, 0.15) is 62.6 Å². The van der Waals surface area contributed by atoms with E-state index in [2.05, 4.69) is 0 Å². The number of aryl methyl sites for hydroxylation is 3. The highest BCUT2D eigenvalue weighted by atomic mass is 16.6. The van der Waals surface area contributed by atoms with Crippen LogP contribution in [0.3, 0.4) is 0 Å². The van der Waals surface area contributed by atoms with Gasteiger partial charge in [0.15, 0.2) is 5.75 Å². The van der Waals surface area contributed by atoms with Crippen LogP contribution in [-0.2, 0) is 20.7 Å². The summed E-state index contributed by atoms with van der Waals surface area (Å²) in [7, 11) is 0. The van der Waals surface area contributed by atoms with Crippen molar-refractivity contribution in [1.82, 2.24) is 0 Å². The third-order valence-corrected chi connectivity index (χ3v) is 5.10. The first-order chi connectivity index (χ1) is 12.3. The van der Waals surface area contributed by atoms with E-state index in [0.29, 0.717) is 16.9 Å². The standard InChI is InChI=1S/C22H26O5/c1-11-9-13(3)15(10-12(11)2)16-18(25-14(4)23)17-19(26-20(16)24)22(7,8)27-21(17,5)6/h9-10H,1-8H3. The molecular weight excluding hydrogens is 344 g/mol. The van der Waals surface area contributed by atoms with Crippen LogP contribution in [0.25, 0.3) is 11.1 Å². The molecule has 0 fully saturated rings. The maximum Gasteiger partial charge on any atom is 0.347 e. The highest BCUT2D eigenvalue weighted by molar-refractivity contribution is 5.80. The molecule has 144 valence electrons. The first-order valence-electron chi connectivity index (χ1n) is 9.04. The lowest BCUT2D eigenvalue weighted by atomic mass is 9.90. The summed E-state index contributed by atoms with van der Waals surface area (Å²) in [5, 5.41) is 0. The van der Waals surface area contributed by atoms with E-state index in [4.69, 9.17) is 13.9 Å². The number of hydrogen-bond donors (Lipinski definition) is 0. The van der Waals surface area contributed by atoms with Gasteiger partial charge in [-0.25, -0.2) is 4.79 Å². The molecule has 1 aliphatic heterocycles. The molecule has 0 bridgehead atoms. The molecule has 2 heterocycles. The predicted molar refractivity (Wildman–Crippen MR) is 103 cm³/mol. The largest absolute Gasteiger partial charge is 0.425 e. The molecule has 0 saturated heterocycles. The van der Waals surface area contributed by atoms with E-state index in [-0.39, 0.29) is 11.3 Å². The summed E-state index contributed by atoms with van der Waals surface area (Å²) in [6, 6.07) is 3.95. The summed E-state index contributed by atoms with van der Waals surface area (Å²) in [6.45, 7) is 14.7. The fraction of sp³-hybridized carbons (Fsp3) is 0.455. The molecule has 1 aliphatic rings. The molecule has 0 amide bonds. The molecule has 0 spiro atoms. The second-order valence-electron chi connectivity index (χ2n) is 8.27. The van der Waals surface area contributed by atoms with Crippen LogP contribution >= 0.6 is 0 Å². The van der Waals surface area contributed by atoms with Gasteiger partial charge < -0.3 is 13.9 Å². The lowest BCUT2D eigenvalue weighted by molar-refractivity contribution is -0.132. The van der Waals surface area contributed by atoms with Crippen LogP contribution < -0.4 is 10.4 Å². The summed E-state index contributed by atoms with van der Waals surface area (Å²) < 4.78 is 17.5. The number of esters is 1. The SMILES string of the molecule is CC(=O)Oc1c2c(oc(=O)c1-c1cc(C)c(C)cc1C)C(C)(C)OC2(C)C. The molecule has 0 N–H and O–H groups in total. The van der Waals surface area contributed by atoms with Crippen molar-refractivity contribution in [3.63, 3.8) is 0 Å². The zero-order valence-corrected chi connectivity index (χ0v) is 17.2. The molecule has 1 aromatic carbocycles. The van der Waals surface area contributed by atoms with Crippen molar-refractivity contribution in [2.75, 3.05) is 0 Å². The normalized spacial score (nSPS) is 16.9. The van der Waals surface area contributed by atoms with Crippen LogP contribution in [0.15, 0.2) is 21.3 Å². The zero-order valence-electron chi connectivity index (χ0n) is 17.2. The topological polar surface area (TPSA) is 65.7 Å². The number of carbonyl (C=O) groups excluding carboxylic acids is 1. The molecular formula is C22H26O5. The minimum absolute atomic E-state index is 0.232. The summed E-state index contributed by atoms with van der Waals surface area (Å²) in [5.41, 5.74) is 2.54. The lowest BCUT2D eigenvalue weighted by Crippen LogP contribution is -2.22. The summed E-state index contributed by atoms with van der Waals surface area (Å²) in [5.74, 6) is 0.140. The van der Waals surface area contributed by atoms with Gasteiger partial charge in [-0.2, -0.15) is 0 Å². The number of carbonyl (C=O) groups is 1. The first-order valence-corrected chi connectivity index (χ1v) is 9.04. The lowest BCUT2D eigenvalue weighted by Gasteiger charge is -2.24. The molecule has 27 heavy (non-hydrogen) atoms. The minimum Gasteiger partial charge on any atom is -0.425 e. The molecule has 5 nitrogen and oxygen atoms in total. The van der Waals surface area contributed by atoms with Crippen molar-refractivity contribution in [2.24, 2.45) is 0 Å². The Morgan fingerprint density at radius 2 is 1.56 bits per heavy atom. The van der Waals surface area contributed by atoms with Gasteiger partial charge >= 0.3 is 11.6 Å². The summed E-state index contributed by atoms with van der Waals surface area (Å²) >= 11 is 0. The zero-order chi connectivity index (χ0) is 20.3. The Morgan fingerprint density at radius 3 is 2.15 bits per heavy atom. The molecule has 0 saturated carbocycles. The maximum absolute atomic E-state index is 13.0. The van der Waals surface area contributed by atoms with Gasteiger partial charge in [-0.1, -0.05) is 12.1 Å². The summed E-state index contributed by atoms with van der Waals surface area (Å²) in [6.07, 6.45) is 0. The maximum atomic E-state index is 13.0. The number of ether oxygens (including phenoxy) is 2. The van der Waals surface area contributed by atoms with Gasteiger partial charge in [0.2, 0.25) is 0 Å². The Morgan fingerprint density at radius 1 is 0.963 bits per heavy atom. The van der Waals surface area contributed by atoms with Crippen LogP contribution in [0.4, 0.5) is 0 Å². The van der Waals surface area contributed by atoms with Gasteiger partial charge in [0.1, 0.15) is 16.9 Å². The van der Waals surface area contributed by atoms with Gasteiger partial charge in [-0.3, -0.25) is 4.79 Å². The second kappa shape index (κ2) is 6.06.